The van der Waals surface area contributed by atoms with Crippen molar-refractivity contribution in [2.24, 2.45) is 5.92 Å². The van der Waals surface area contributed by atoms with Crippen molar-refractivity contribution in [1.29, 1.82) is 0 Å². The van der Waals surface area contributed by atoms with E-state index in [1.165, 1.54) is 44.1 Å². The fourth-order valence-electron chi connectivity index (χ4n) is 1.89. The van der Waals surface area contributed by atoms with E-state index in [1.807, 2.05) is 12.1 Å². The smallest absolute Gasteiger partial charge is 0.0406 e. The van der Waals surface area contributed by atoms with Crippen molar-refractivity contribution in [2.75, 3.05) is 0 Å². The van der Waals surface area contributed by atoms with Crippen molar-refractivity contribution < 1.29 is 0 Å². The molecule has 0 atom stereocenters. The summed E-state index contributed by atoms with van der Waals surface area (Å²) in [6.07, 6.45) is 8.00. The minimum absolute atomic E-state index is 0.834. The average Bonchev–Trinajstić information content (AvgIpc) is 2.25. The van der Waals surface area contributed by atoms with Gasteiger partial charge in [-0.15, -0.1) is 0 Å². The van der Waals surface area contributed by atoms with Gasteiger partial charge < -0.3 is 0 Å². The largest absolute Gasteiger partial charge is 0.0843 e. The maximum Gasteiger partial charge on any atom is 0.0406 e. The topological polar surface area (TPSA) is 0 Å². The van der Waals surface area contributed by atoms with Crippen LogP contribution in [0.2, 0.25) is 5.02 Å². The van der Waals surface area contributed by atoms with Crippen molar-refractivity contribution >= 4 is 11.6 Å². The molecule has 0 spiro atoms. The molecule has 0 N–H and O–H groups in total. The standard InChI is InChI=1S/C15H23Cl/c1-13(2)7-5-3-4-6-8-14-9-11-15(16)12-10-14/h9-13H,3-8H2,1-2H3. The van der Waals surface area contributed by atoms with Crippen LogP contribution in [0.1, 0.15) is 51.5 Å². The third-order valence-electron chi connectivity index (χ3n) is 2.91. The number of benzene rings is 1. The number of hydrogen-bond acceptors (Lipinski definition) is 0. The monoisotopic (exact) mass is 238 g/mol. The van der Waals surface area contributed by atoms with Crippen LogP contribution in [0.3, 0.4) is 0 Å². The molecular weight excluding hydrogens is 216 g/mol. The summed E-state index contributed by atoms with van der Waals surface area (Å²) in [5, 5.41) is 0.834. The molecule has 1 heteroatoms. The molecule has 0 radical (unpaired) electrons. The number of aryl methyl sites for hydroxylation is 1. The third-order valence-corrected chi connectivity index (χ3v) is 3.16. The van der Waals surface area contributed by atoms with Gasteiger partial charge in [-0.3, -0.25) is 0 Å². The van der Waals surface area contributed by atoms with Gasteiger partial charge in [0.1, 0.15) is 0 Å². The Morgan fingerprint density at radius 3 is 2.19 bits per heavy atom. The summed E-state index contributed by atoms with van der Waals surface area (Å²) in [5.41, 5.74) is 1.41. The van der Waals surface area contributed by atoms with Crippen LogP contribution in [0.15, 0.2) is 24.3 Å². The normalized spacial score (nSPS) is 11.0. The minimum atomic E-state index is 0.834. The Bertz CT molecular complexity index is 274. The van der Waals surface area contributed by atoms with Gasteiger partial charge in [-0.1, -0.05) is 63.3 Å². The molecule has 1 rings (SSSR count). The molecule has 0 saturated carbocycles. The Morgan fingerprint density at radius 1 is 0.938 bits per heavy atom. The van der Waals surface area contributed by atoms with Crippen LogP contribution in [0.4, 0.5) is 0 Å². The molecule has 1 aromatic carbocycles. The van der Waals surface area contributed by atoms with Crippen molar-refractivity contribution in [2.45, 2.75) is 52.4 Å². The Hall–Kier alpha value is -0.490. The van der Waals surface area contributed by atoms with Gasteiger partial charge in [0, 0.05) is 5.02 Å². The lowest BCUT2D eigenvalue weighted by Gasteiger charge is -2.04. The Kier molecular flexibility index (Phi) is 6.56. The van der Waals surface area contributed by atoms with Crippen LogP contribution in [-0.4, -0.2) is 0 Å². The van der Waals surface area contributed by atoms with Crippen LogP contribution < -0.4 is 0 Å². The zero-order valence-corrected chi connectivity index (χ0v) is 11.3. The second kappa shape index (κ2) is 7.73. The third kappa shape index (κ3) is 6.17. The maximum absolute atomic E-state index is 5.84. The first-order chi connectivity index (χ1) is 7.68. The van der Waals surface area contributed by atoms with E-state index in [2.05, 4.69) is 26.0 Å². The molecule has 0 amide bonds. The van der Waals surface area contributed by atoms with Crippen LogP contribution >= 0.6 is 11.6 Å². The van der Waals surface area contributed by atoms with E-state index >= 15 is 0 Å². The highest BCUT2D eigenvalue weighted by Crippen LogP contribution is 2.14. The predicted octanol–water partition coefficient (Wildman–Crippen LogP) is 5.49. The van der Waals surface area contributed by atoms with E-state index < -0.39 is 0 Å². The molecule has 16 heavy (non-hydrogen) atoms. The molecule has 0 unspecified atom stereocenters. The molecule has 0 bridgehead atoms. The lowest BCUT2D eigenvalue weighted by molar-refractivity contribution is 0.520. The average molecular weight is 239 g/mol. The second-order valence-corrected chi connectivity index (χ2v) is 5.41. The summed E-state index contributed by atoms with van der Waals surface area (Å²) in [6, 6.07) is 8.23. The molecule has 0 aromatic heterocycles. The zero-order chi connectivity index (χ0) is 11.8. The lowest BCUT2D eigenvalue weighted by atomic mass is 10.0. The van der Waals surface area contributed by atoms with Crippen molar-refractivity contribution in [1.82, 2.24) is 0 Å². The van der Waals surface area contributed by atoms with E-state index in [0.717, 1.165) is 10.9 Å². The summed E-state index contributed by atoms with van der Waals surface area (Å²) in [4.78, 5) is 0. The number of halogens is 1. The molecule has 1 aromatic rings. The summed E-state index contributed by atoms with van der Waals surface area (Å²) >= 11 is 5.84. The highest BCUT2D eigenvalue weighted by Gasteiger charge is 1.96. The first-order valence-corrected chi connectivity index (χ1v) is 6.80. The second-order valence-electron chi connectivity index (χ2n) is 4.97. The van der Waals surface area contributed by atoms with E-state index in [-0.39, 0.29) is 0 Å². The van der Waals surface area contributed by atoms with Gasteiger partial charge in [0.15, 0.2) is 0 Å². The van der Waals surface area contributed by atoms with Gasteiger partial charge in [-0.2, -0.15) is 0 Å². The molecule has 0 fully saturated rings. The van der Waals surface area contributed by atoms with Gasteiger partial charge in [0.05, 0.1) is 0 Å². The van der Waals surface area contributed by atoms with E-state index in [4.69, 9.17) is 11.6 Å². The molecule has 0 aliphatic heterocycles. The molecule has 0 aliphatic rings. The first kappa shape index (κ1) is 13.6. The SMILES string of the molecule is CC(C)CCCCCCc1ccc(Cl)cc1. The highest BCUT2D eigenvalue weighted by atomic mass is 35.5. The number of rotatable bonds is 7. The Labute approximate surface area is 105 Å². The molecule has 90 valence electrons. The van der Waals surface area contributed by atoms with Gasteiger partial charge in [-0.25, -0.2) is 0 Å². The molecular formula is C15H23Cl. The lowest BCUT2D eigenvalue weighted by Crippen LogP contribution is -1.89. The van der Waals surface area contributed by atoms with Gasteiger partial charge in [0.25, 0.3) is 0 Å². The molecule has 0 nitrogen and oxygen atoms in total. The van der Waals surface area contributed by atoms with E-state index in [9.17, 15) is 0 Å². The number of hydrogen-bond donors (Lipinski definition) is 0. The van der Waals surface area contributed by atoms with Crippen molar-refractivity contribution in [3.63, 3.8) is 0 Å². The quantitative estimate of drug-likeness (QED) is 0.551. The van der Waals surface area contributed by atoms with Crippen LogP contribution in [0, 0.1) is 5.92 Å². The maximum atomic E-state index is 5.84. The summed E-state index contributed by atoms with van der Waals surface area (Å²) in [7, 11) is 0. The van der Waals surface area contributed by atoms with E-state index in [1.54, 1.807) is 0 Å². The Morgan fingerprint density at radius 2 is 1.56 bits per heavy atom. The van der Waals surface area contributed by atoms with Gasteiger partial charge in [0.2, 0.25) is 0 Å². The van der Waals surface area contributed by atoms with Crippen molar-refractivity contribution in [3.8, 4) is 0 Å². The van der Waals surface area contributed by atoms with E-state index in [0.29, 0.717) is 0 Å². The fourth-order valence-corrected chi connectivity index (χ4v) is 2.01. The summed E-state index contributed by atoms with van der Waals surface area (Å²) in [6.45, 7) is 4.60. The molecule has 0 heterocycles. The van der Waals surface area contributed by atoms with Crippen molar-refractivity contribution in [3.05, 3.63) is 34.9 Å². The van der Waals surface area contributed by atoms with Crippen LogP contribution in [0.25, 0.3) is 0 Å². The highest BCUT2D eigenvalue weighted by molar-refractivity contribution is 6.30. The zero-order valence-electron chi connectivity index (χ0n) is 10.5. The van der Waals surface area contributed by atoms with Crippen LogP contribution in [-0.2, 0) is 6.42 Å². The number of unbranched alkanes of at least 4 members (excludes halogenated alkanes) is 3. The Balaban J connectivity index is 2.05. The fraction of sp³-hybridized carbons (Fsp3) is 0.600. The van der Waals surface area contributed by atoms with Crippen LogP contribution in [0.5, 0.6) is 0 Å². The van der Waals surface area contributed by atoms with Gasteiger partial charge >= 0.3 is 0 Å². The minimum Gasteiger partial charge on any atom is -0.0843 e. The molecule has 0 aliphatic carbocycles. The summed E-state index contributed by atoms with van der Waals surface area (Å²) in [5.74, 6) is 0.858. The van der Waals surface area contributed by atoms with Gasteiger partial charge in [-0.05, 0) is 36.5 Å². The predicted molar refractivity (Wildman–Crippen MR) is 73.1 cm³/mol. The molecule has 0 saturated heterocycles. The summed E-state index contributed by atoms with van der Waals surface area (Å²) < 4.78 is 0. The first-order valence-electron chi connectivity index (χ1n) is 6.43.